The number of benzene rings is 1. The molecule has 2 heterocycles. The predicted octanol–water partition coefficient (Wildman–Crippen LogP) is 2.82. The number of amides is 1. The monoisotopic (exact) mass is 371 g/mol. The second-order valence-corrected chi connectivity index (χ2v) is 6.75. The number of aromatic nitrogens is 3. The number of nitrogens with zero attached hydrogens (tertiary/aromatic N) is 4. The van der Waals surface area contributed by atoms with Crippen LogP contribution in [0.2, 0.25) is 5.02 Å². The first-order valence-electron chi connectivity index (χ1n) is 8.37. The Balaban J connectivity index is 2.01. The van der Waals surface area contributed by atoms with Gasteiger partial charge < -0.3 is 14.8 Å². The van der Waals surface area contributed by atoms with Crippen LogP contribution in [0.1, 0.15) is 10.5 Å². The molecule has 136 valence electrons. The number of hydrogen-bond acceptors (Lipinski definition) is 3. The van der Waals surface area contributed by atoms with E-state index in [2.05, 4.69) is 10.4 Å². The van der Waals surface area contributed by atoms with Gasteiger partial charge in [0.25, 0.3) is 5.91 Å². The molecule has 0 aliphatic carbocycles. The van der Waals surface area contributed by atoms with E-state index >= 15 is 0 Å². The molecule has 0 bridgehead atoms. The van der Waals surface area contributed by atoms with Crippen LogP contribution in [0, 0.1) is 0 Å². The van der Waals surface area contributed by atoms with E-state index in [0.717, 1.165) is 17.9 Å². The first-order chi connectivity index (χ1) is 12.5. The molecule has 0 fully saturated rings. The van der Waals surface area contributed by atoms with Gasteiger partial charge in [-0.3, -0.25) is 4.79 Å². The van der Waals surface area contributed by atoms with E-state index in [1.807, 2.05) is 67.1 Å². The van der Waals surface area contributed by atoms with Crippen molar-refractivity contribution < 1.29 is 4.79 Å². The minimum absolute atomic E-state index is 0.181. The van der Waals surface area contributed by atoms with Crippen molar-refractivity contribution in [2.75, 3.05) is 27.2 Å². The van der Waals surface area contributed by atoms with E-state index in [-0.39, 0.29) is 5.91 Å². The topological polar surface area (TPSA) is 55.1 Å². The number of likely N-dealkylation sites (N-methyl/N-ethyl adjacent to an activating group) is 1. The second kappa shape index (κ2) is 7.76. The summed E-state index contributed by atoms with van der Waals surface area (Å²) in [5.41, 5.74) is 2.77. The van der Waals surface area contributed by atoms with E-state index < -0.39 is 0 Å². The fourth-order valence-electron chi connectivity index (χ4n) is 2.69. The van der Waals surface area contributed by atoms with E-state index in [0.29, 0.717) is 22.9 Å². The minimum Gasteiger partial charge on any atom is -0.349 e. The van der Waals surface area contributed by atoms with Gasteiger partial charge in [-0.25, -0.2) is 4.68 Å². The summed E-state index contributed by atoms with van der Waals surface area (Å²) < 4.78 is 3.57. The second-order valence-electron chi connectivity index (χ2n) is 6.34. The van der Waals surface area contributed by atoms with Gasteiger partial charge in [0.1, 0.15) is 11.4 Å². The van der Waals surface area contributed by atoms with E-state index in [4.69, 9.17) is 11.6 Å². The van der Waals surface area contributed by atoms with Crippen LogP contribution in [-0.4, -0.2) is 52.3 Å². The molecule has 6 nitrogen and oxygen atoms in total. The first kappa shape index (κ1) is 18.2. The van der Waals surface area contributed by atoms with Crippen LogP contribution >= 0.6 is 11.6 Å². The van der Waals surface area contributed by atoms with E-state index in [1.54, 1.807) is 16.8 Å². The number of carbonyl (C=O) groups excluding carboxylic acids is 1. The summed E-state index contributed by atoms with van der Waals surface area (Å²) in [4.78, 5) is 14.8. The maximum atomic E-state index is 12.8. The zero-order chi connectivity index (χ0) is 18.7. The van der Waals surface area contributed by atoms with Gasteiger partial charge in [0.15, 0.2) is 0 Å². The summed E-state index contributed by atoms with van der Waals surface area (Å²) in [5, 5.41) is 8.13. The van der Waals surface area contributed by atoms with Crippen LogP contribution in [0.25, 0.3) is 17.1 Å². The van der Waals surface area contributed by atoms with Crippen molar-refractivity contribution in [3.05, 3.63) is 59.4 Å². The van der Waals surface area contributed by atoms with Crippen molar-refractivity contribution in [2.45, 2.75) is 0 Å². The standard InChI is InChI=1S/C19H22ClN5O/c1-23(2)12-10-21-19(26)18-13-15(17-9-6-11-24(17)3)22-25(18)16-8-5-4-7-14(16)20/h4-9,11,13H,10,12H2,1-3H3,(H,21,26). The molecule has 0 spiro atoms. The minimum atomic E-state index is -0.181. The fourth-order valence-corrected chi connectivity index (χ4v) is 2.90. The Morgan fingerprint density at radius 2 is 2.00 bits per heavy atom. The largest absolute Gasteiger partial charge is 0.349 e. The molecule has 0 atom stereocenters. The molecule has 1 aromatic carbocycles. The smallest absolute Gasteiger partial charge is 0.270 e. The zero-order valence-electron chi connectivity index (χ0n) is 15.1. The lowest BCUT2D eigenvalue weighted by Crippen LogP contribution is -2.32. The number of halogens is 1. The van der Waals surface area contributed by atoms with Crippen LogP contribution in [-0.2, 0) is 7.05 Å². The van der Waals surface area contributed by atoms with Gasteiger partial charge in [0, 0.05) is 26.3 Å². The number of carbonyl (C=O) groups is 1. The normalized spacial score (nSPS) is 11.1. The molecule has 0 radical (unpaired) electrons. The highest BCUT2D eigenvalue weighted by Gasteiger charge is 2.19. The quantitative estimate of drug-likeness (QED) is 0.725. The van der Waals surface area contributed by atoms with Crippen molar-refractivity contribution >= 4 is 17.5 Å². The summed E-state index contributed by atoms with van der Waals surface area (Å²) in [7, 11) is 5.88. The fraction of sp³-hybridized carbons (Fsp3) is 0.263. The lowest BCUT2D eigenvalue weighted by Gasteiger charge is -2.12. The molecule has 0 saturated heterocycles. The average molecular weight is 372 g/mol. The Hall–Kier alpha value is -2.57. The molecular formula is C19H22ClN5O. The van der Waals surface area contributed by atoms with E-state index in [1.165, 1.54) is 0 Å². The molecule has 0 aliphatic rings. The van der Waals surface area contributed by atoms with E-state index in [9.17, 15) is 4.79 Å². The number of nitrogens with one attached hydrogen (secondary N) is 1. The van der Waals surface area contributed by atoms with Crippen LogP contribution < -0.4 is 5.32 Å². The number of rotatable bonds is 6. The molecule has 7 heteroatoms. The van der Waals surface area contributed by atoms with Crippen molar-refractivity contribution in [1.29, 1.82) is 0 Å². The molecule has 26 heavy (non-hydrogen) atoms. The van der Waals surface area contributed by atoms with Gasteiger partial charge in [-0.2, -0.15) is 5.10 Å². The van der Waals surface area contributed by atoms with Gasteiger partial charge in [-0.15, -0.1) is 0 Å². The molecule has 1 N–H and O–H groups in total. The Morgan fingerprint density at radius 1 is 1.23 bits per heavy atom. The van der Waals surface area contributed by atoms with Crippen LogP contribution in [0.4, 0.5) is 0 Å². The zero-order valence-corrected chi connectivity index (χ0v) is 15.9. The maximum Gasteiger partial charge on any atom is 0.270 e. The third-order valence-electron chi connectivity index (χ3n) is 4.07. The van der Waals surface area contributed by atoms with Crippen molar-refractivity contribution in [3.8, 4) is 17.1 Å². The summed E-state index contributed by atoms with van der Waals surface area (Å²) in [5.74, 6) is -0.181. The predicted molar refractivity (Wildman–Crippen MR) is 104 cm³/mol. The summed E-state index contributed by atoms with van der Waals surface area (Å²) in [6, 6.07) is 13.1. The SMILES string of the molecule is CN(C)CCNC(=O)c1cc(-c2cccn2C)nn1-c1ccccc1Cl. The van der Waals surface area contributed by atoms with Crippen molar-refractivity contribution in [2.24, 2.45) is 7.05 Å². The van der Waals surface area contributed by atoms with Gasteiger partial charge in [0.2, 0.25) is 0 Å². The highest BCUT2D eigenvalue weighted by atomic mass is 35.5. The molecule has 0 unspecified atom stereocenters. The molecular weight excluding hydrogens is 350 g/mol. The summed E-state index contributed by atoms with van der Waals surface area (Å²) >= 11 is 6.34. The maximum absolute atomic E-state index is 12.8. The molecule has 2 aromatic heterocycles. The van der Waals surface area contributed by atoms with Gasteiger partial charge in [0.05, 0.1) is 16.4 Å². The number of hydrogen-bond donors (Lipinski definition) is 1. The highest BCUT2D eigenvalue weighted by molar-refractivity contribution is 6.32. The van der Waals surface area contributed by atoms with Gasteiger partial charge >= 0.3 is 0 Å². The average Bonchev–Trinajstić information content (AvgIpc) is 3.21. The van der Waals surface area contributed by atoms with Gasteiger partial charge in [-0.1, -0.05) is 23.7 Å². The third kappa shape index (κ3) is 3.81. The molecule has 0 aliphatic heterocycles. The van der Waals surface area contributed by atoms with Crippen LogP contribution in [0.3, 0.4) is 0 Å². The van der Waals surface area contributed by atoms with Crippen LogP contribution in [0.15, 0.2) is 48.7 Å². The number of aryl methyl sites for hydroxylation is 1. The Bertz CT molecular complexity index is 912. The lowest BCUT2D eigenvalue weighted by atomic mass is 10.2. The Kier molecular flexibility index (Phi) is 5.44. The van der Waals surface area contributed by atoms with Crippen molar-refractivity contribution in [3.63, 3.8) is 0 Å². The number of para-hydroxylation sites is 1. The molecule has 1 amide bonds. The van der Waals surface area contributed by atoms with Crippen molar-refractivity contribution in [1.82, 2.24) is 24.6 Å². The molecule has 3 aromatic rings. The molecule has 0 saturated carbocycles. The highest BCUT2D eigenvalue weighted by Crippen LogP contribution is 2.25. The van der Waals surface area contributed by atoms with Crippen LogP contribution in [0.5, 0.6) is 0 Å². The lowest BCUT2D eigenvalue weighted by molar-refractivity contribution is 0.0943. The first-order valence-corrected chi connectivity index (χ1v) is 8.75. The Labute approximate surface area is 158 Å². The molecule has 3 rings (SSSR count). The summed E-state index contributed by atoms with van der Waals surface area (Å²) in [6.45, 7) is 1.32. The van der Waals surface area contributed by atoms with Gasteiger partial charge in [-0.05, 0) is 44.4 Å². The third-order valence-corrected chi connectivity index (χ3v) is 4.39. The Morgan fingerprint density at radius 3 is 2.65 bits per heavy atom. The summed E-state index contributed by atoms with van der Waals surface area (Å²) in [6.07, 6.45) is 1.95.